The molecule has 0 unspecified atom stereocenters. The summed E-state index contributed by atoms with van der Waals surface area (Å²) >= 11 is 1.67. The highest BCUT2D eigenvalue weighted by Crippen LogP contribution is 2.35. The number of nitrogens with one attached hydrogen (secondary N) is 1. The molecule has 0 radical (unpaired) electrons. The van der Waals surface area contributed by atoms with Crippen molar-refractivity contribution in [3.8, 4) is 11.5 Å². The van der Waals surface area contributed by atoms with Crippen LogP contribution in [-0.4, -0.2) is 19.9 Å². The van der Waals surface area contributed by atoms with Gasteiger partial charge in [0.05, 0.1) is 30.1 Å². The number of hydrogen-bond donors (Lipinski definition) is 1. The standard InChI is InChI=1S/C24H24N2O2S/c1-27-22-11-4-7-19(24(22)28-17-18-13-14-18)8-5-15-25-20-9-2-3-10-21(20)26-23-12-6-16-29-23/h2-12,15-16,18,26H,13-14,17H2,1H3/b8-5+,25-15?. The van der Waals surface area contributed by atoms with Gasteiger partial charge >= 0.3 is 0 Å². The summed E-state index contributed by atoms with van der Waals surface area (Å²) < 4.78 is 11.5. The van der Waals surface area contributed by atoms with E-state index < -0.39 is 0 Å². The fourth-order valence-corrected chi connectivity index (χ4v) is 3.54. The summed E-state index contributed by atoms with van der Waals surface area (Å²) in [6.45, 7) is 0.747. The van der Waals surface area contributed by atoms with Crippen molar-refractivity contribution in [2.24, 2.45) is 10.9 Å². The Hall–Kier alpha value is -3.05. The SMILES string of the molecule is COc1cccc(/C=C/C=Nc2ccccc2Nc2cccs2)c1OCC1CC1. The van der Waals surface area contributed by atoms with Gasteiger partial charge in [0.1, 0.15) is 0 Å². The number of methoxy groups -OCH3 is 1. The van der Waals surface area contributed by atoms with E-state index in [1.54, 1.807) is 24.7 Å². The van der Waals surface area contributed by atoms with E-state index in [4.69, 9.17) is 9.47 Å². The Bertz CT molecular complexity index is 992. The Morgan fingerprint density at radius 2 is 2.00 bits per heavy atom. The first kappa shape index (κ1) is 19.3. The van der Waals surface area contributed by atoms with Crippen molar-refractivity contribution in [2.45, 2.75) is 12.8 Å². The molecule has 1 aliphatic carbocycles. The number of nitrogens with zero attached hydrogens (tertiary/aromatic N) is 1. The summed E-state index contributed by atoms with van der Waals surface area (Å²) in [5.41, 5.74) is 2.86. The number of aliphatic imine (C=N–C) groups is 1. The van der Waals surface area contributed by atoms with Crippen LogP contribution in [0.4, 0.5) is 16.4 Å². The van der Waals surface area contributed by atoms with Gasteiger partial charge in [-0.15, -0.1) is 11.3 Å². The molecule has 4 rings (SSSR count). The van der Waals surface area contributed by atoms with Crippen LogP contribution in [0.5, 0.6) is 11.5 Å². The molecule has 0 atom stereocenters. The van der Waals surface area contributed by atoms with Crippen LogP contribution in [0.15, 0.2) is 71.0 Å². The quantitative estimate of drug-likeness (QED) is 0.403. The highest BCUT2D eigenvalue weighted by Gasteiger charge is 2.23. The van der Waals surface area contributed by atoms with E-state index in [1.165, 1.54) is 12.8 Å². The van der Waals surface area contributed by atoms with Crippen molar-refractivity contribution in [3.63, 3.8) is 0 Å². The van der Waals surface area contributed by atoms with E-state index in [0.29, 0.717) is 5.92 Å². The molecule has 3 aromatic rings. The molecule has 1 fully saturated rings. The van der Waals surface area contributed by atoms with Gasteiger partial charge in [-0.2, -0.15) is 0 Å². The Morgan fingerprint density at radius 1 is 1.10 bits per heavy atom. The van der Waals surface area contributed by atoms with Crippen LogP contribution in [0.25, 0.3) is 6.08 Å². The Balaban J connectivity index is 1.48. The maximum Gasteiger partial charge on any atom is 0.168 e. The van der Waals surface area contributed by atoms with Gasteiger partial charge in [0.15, 0.2) is 11.5 Å². The van der Waals surface area contributed by atoms with Crippen molar-refractivity contribution >= 4 is 40.0 Å². The van der Waals surface area contributed by atoms with Gasteiger partial charge in [-0.25, -0.2) is 0 Å². The monoisotopic (exact) mass is 404 g/mol. The third kappa shape index (κ3) is 5.27. The zero-order valence-electron chi connectivity index (χ0n) is 16.4. The van der Waals surface area contributed by atoms with Crippen LogP contribution in [-0.2, 0) is 0 Å². The second-order valence-electron chi connectivity index (χ2n) is 6.89. The van der Waals surface area contributed by atoms with E-state index in [9.17, 15) is 0 Å². The molecule has 0 amide bonds. The number of allylic oxidation sites excluding steroid dienone is 1. The molecule has 29 heavy (non-hydrogen) atoms. The summed E-state index contributed by atoms with van der Waals surface area (Å²) in [7, 11) is 1.67. The highest BCUT2D eigenvalue weighted by atomic mass is 32.1. The maximum absolute atomic E-state index is 6.05. The van der Waals surface area contributed by atoms with Crippen LogP contribution in [0, 0.1) is 5.92 Å². The van der Waals surface area contributed by atoms with E-state index >= 15 is 0 Å². The lowest BCUT2D eigenvalue weighted by Crippen LogP contribution is -2.02. The molecule has 1 aromatic heterocycles. The number of para-hydroxylation sites is 3. The molecular weight excluding hydrogens is 380 g/mol. The minimum atomic E-state index is 0.686. The van der Waals surface area contributed by atoms with Crippen molar-refractivity contribution in [2.75, 3.05) is 19.0 Å². The van der Waals surface area contributed by atoms with Crippen LogP contribution in [0.1, 0.15) is 18.4 Å². The van der Waals surface area contributed by atoms with Gasteiger partial charge in [-0.1, -0.05) is 24.3 Å². The first-order valence-corrected chi connectivity index (χ1v) is 10.6. The zero-order chi connectivity index (χ0) is 19.9. The van der Waals surface area contributed by atoms with Crippen molar-refractivity contribution < 1.29 is 9.47 Å². The summed E-state index contributed by atoms with van der Waals surface area (Å²) in [5.74, 6) is 2.24. The summed E-state index contributed by atoms with van der Waals surface area (Å²) in [4.78, 5) is 4.62. The Morgan fingerprint density at radius 3 is 2.79 bits per heavy atom. The van der Waals surface area contributed by atoms with Crippen molar-refractivity contribution in [3.05, 3.63) is 71.6 Å². The van der Waals surface area contributed by atoms with Crippen LogP contribution in [0.2, 0.25) is 0 Å². The fraction of sp³-hybridized carbons (Fsp3) is 0.208. The normalized spacial score (nSPS) is 13.8. The first-order chi connectivity index (χ1) is 14.3. The number of hydrogen-bond acceptors (Lipinski definition) is 5. The minimum absolute atomic E-state index is 0.686. The molecule has 1 heterocycles. The average molecular weight is 405 g/mol. The van der Waals surface area contributed by atoms with Crippen LogP contribution >= 0.6 is 11.3 Å². The molecule has 2 aromatic carbocycles. The van der Waals surface area contributed by atoms with Gasteiger partial charge in [0.2, 0.25) is 0 Å². The van der Waals surface area contributed by atoms with E-state index in [2.05, 4.69) is 16.4 Å². The predicted octanol–water partition coefficient (Wildman–Crippen LogP) is 6.70. The Labute approximate surface area is 175 Å². The summed E-state index contributed by atoms with van der Waals surface area (Å²) in [5, 5.41) is 6.56. The topological polar surface area (TPSA) is 42.8 Å². The lowest BCUT2D eigenvalue weighted by Gasteiger charge is -2.13. The molecule has 0 saturated heterocycles. The lowest BCUT2D eigenvalue weighted by molar-refractivity contribution is 0.280. The molecule has 148 valence electrons. The van der Waals surface area contributed by atoms with E-state index in [1.807, 2.05) is 66.1 Å². The average Bonchev–Trinajstić information content (AvgIpc) is 3.44. The largest absolute Gasteiger partial charge is 0.493 e. The van der Waals surface area contributed by atoms with Crippen LogP contribution in [0.3, 0.4) is 0 Å². The van der Waals surface area contributed by atoms with Crippen LogP contribution < -0.4 is 14.8 Å². The predicted molar refractivity (Wildman–Crippen MR) is 122 cm³/mol. The Kier molecular flexibility index (Phi) is 6.27. The molecule has 0 bridgehead atoms. The molecule has 1 aliphatic rings. The molecule has 4 nitrogen and oxygen atoms in total. The second-order valence-corrected chi connectivity index (χ2v) is 7.84. The second kappa shape index (κ2) is 9.43. The molecule has 1 N–H and O–H groups in total. The molecule has 0 spiro atoms. The minimum Gasteiger partial charge on any atom is -0.493 e. The van der Waals surface area contributed by atoms with E-state index in [0.717, 1.165) is 40.0 Å². The number of ether oxygens (including phenoxy) is 2. The smallest absolute Gasteiger partial charge is 0.168 e. The first-order valence-electron chi connectivity index (χ1n) is 9.73. The highest BCUT2D eigenvalue weighted by molar-refractivity contribution is 7.14. The molecular formula is C24H24N2O2S. The number of rotatable bonds is 9. The number of anilines is 2. The van der Waals surface area contributed by atoms with Gasteiger partial charge in [-0.3, -0.25) is 4.99 Å². The van der Waals surface area contributed by atoms with Gasteiger partial charge < -0.3 is 14.8 Å². The molecule has 5 heteroatoms. The van der Waals surface area contributed by atoms with E-state index in [-0.39, 0.29) is 0 Å². The number of thiophene rings is 1. The third-order valence-corrected chi connectivity index (χ3v) is 5.43. The summed E-state index contributed by atoms with van der Waals surface area (Å²) in [6, 6.07) is 18.0. The summed E-state index contributed by atoms with van der Waals surface area (Å²) in [6.07, 6.45) is 8.25. The lowest BCUT2D eigenvalue weighted by atomic mass is 10.1. The fourth-order valence-electron chi connectivity index (χ4n) is 2.91. The van der Waals surface area contributed by atoms with Gasteiger partial charge in [0.25, 0.3) is 0 Å². The van der Waals surface area contributed by atoms with Gasteiger partial charge in [-0.05, 0) is 66.6 Å². The van der Waals surface area contributed by atoms with Crippen molar-refractivity contribution in [1.29, 1.82) is 0 Å². The van der Waals surface area contributed by atoms with Gasteiger partial charge in [0, 0.05) is 11.8 Å². The third-order valence-electron chi connectivity index (χ3n) is 4.65. The number of benzene rings is 2. The van der Waals surface area contributed by atoms with Crippen molar-refractivity contribution in [1.82, 2.24) is 0 Å². The molecule has 1 saturated carbocycles. The molecule has 0 aliphatic heterocycles. The maximum atomic E-state index is 6.05. The zero-order valence-corrected chi connectivity index (χ0v) is 17.2.